The molecule has 2 aromatic carbocycles. The maximum atomic E-state index is 8.81. The lowest BCUT2D eigenvalue weighted by atomic mass is 10.2. The van der Waals surface area contributed by atoms with Gasteiger partial charge in [-0.2, -0.15) is 0 Å². The van der Waals surface area contributed by atoms with E-state index in [9.17, 15) is 0 Å². The molecule has 2 aromatic rings. The van der Waals surface area contributed by atoms with Gasteiger partial charge in [-0.25, -0.2) is 0 Å². The fraction of sp³-hybridized carbons (Fsp3) is 0.429. The van der Waals surface area contributed by atoms with Crippen molar-refractivity contribution in [3.63, 3.8) is 0 Å². The van der Waals surface area contributed by atoms with Gasteiger partial charge in [-0.1, -0.05) is 40.9 Å². The van der Waals surface area contributed by atoms with E-state index in [1.807, 2.05) is 25.1 Å². The molecule has 0 saturated heterocycles. The zero-order chi connectivity index (χ0) is 20.4. The SMILES string of the molecule is CCOc1cc(CNCCCCCO)cc(Cl)c1OCc1ccc(Cl)c(Cl)c1. The molecule has 2 rings (SSSR count). The number of aliphatic hydroxyl groups excluding tert-OH is 1. The van der Waals surface area contributed by atoms with E-state index in [0.717, 1.165) is 36.9 Å². The van der Waals surface area contributed by atoms with E-state index in [-0.39, 0.29) is 6.61 Å². The van der Waals surface area contributed by atoms with Crippen LogP contribution in [0, 0.1) is 0 Å². The first-order valence-electron chi connectivity index (χ1n) is 9.38. The van der Waals surface area contributed by atoms with Crippen molar-refractivity contribution in [3.8, 4) is 11.5 Å². The molecular weight excluding hydrogens is 421 g/mol. The minimum Gasteiger partial charge on any atom is -0.490 e. The van der Waals surface area contributed by atoms with Gasteiger partial charge >= 0.3 is 0 Å². The van der Waals surface area contributed by atoms with E-state index < -0.39 is 0 Å². The number of hydrogen-bond donors (Lipinski definition) is 2. The van der Waals surface area contributed by atoms with Crippen molar-refractivity contribution < 1.29 is 14.6 Å². The third kappa shape index (κ3) is 7.34. The highest BCUT2D eigenvalue weighted by molar-refractivity contribution is 6.42. The van der Waals surface area contributed by atoms with Crippen LogP contribution < -0.4 is 14.8 Å². The summed E-state index contributed by atoms with van der Waals surface area (Å²) in [4.78, 5) is 0. The molecule has 0 saturated carbocycles. The molecule has 0 aliphatic heterocycles. The Morgan fingerprint density at radius 3 is 2.39 bits per heavy atom. The molecule has 7 heteroatoms. The van der Waals surface area contributed by atoms with E-state index in [2.05, 4.69) is 5.32 Å². The van der Waals surface area contributed by atoms with Gasteiger partial charge in [0.2, 0.25) is 0 Å². The van der Waals surface area contributed by atoms with Gasteiger partial charge in [0.25, 0.3) is 0 Å². The van der Waals surface area contributed by atoms with Crippen LogP contribution in [-0.2, 0) is 13.2 Å². The van der Waals surface area contributed by atoms with Crippen LogP contribution in [0.1, 0.15) is 37.3 Å². The van der Waals surface area contributed by atoms with Gasteiger partial charge in [0.15, 0.2) is 11.5 Å². The van der Waals surface area contributed by atoms with Crippen molar-refractivity contribution in [2.24, 2.45) is 0 Å². The summed E-state index contributed by atoms with van der Waals surface area (Å²) in [6, 6.07) is 9.20. The van der Waals surface area contributed by atoms with Gasteiger partial charge in [0, 0.05) is 13.2 Å². The number of halogens is 3. The van der Waals surface area contributed by atoms with E-state index in [4.69, 9.17) is 49.4 Å². The van der Waals surface area contributed by atoms with E-state index in [1.54, 1.807) is 12.1 Å². The number of aliphatic hydroxyl groups is 1. The van der Waals surface area contributed by atoms with Crippen molar-refractivity contribution in [2.75, 3.05) is 19.8 Å². The molecule has 4 nitrogen and oxygen atoms in total. The Labute approximate surface area is 181 Å². The fourth-order valence-corrected chi connectivity index (χ4v) is 3.29. The molecule has 0 heterocycles. The van der Waals surface area contributed by atoms with Crippen LogP contribution in [0.15, 0.2) is 30.3 Å². The Kier molecular flexibility index (Phi) is 10.2. The van der Waals surface area contributed by atoms with Crippen molar-refractivity contribution >= 4 is 34.8 Å². The van der Waals surface area contributed by atoms with Crippen LogP contribution >= 0.6 is 34.8 Å². The van der Waals surface area contributed by atoms with Gasteiger partial charge < -0.3 is 19.9 Å². The first-order chi connectivity index (χ1) is 13.5. The Morgan fingerprint density at radius 1 is 0.893 bits per heavy atom. The number of rotatable bonds is 12. The largest absolute Gasteiger partial charge is 0.490 e. The highest BCUT2D eigenvalue weighted by Crippen LogP contribution is 2.37. The second-order valence-corrected chi connectivity index (χ2v) is 7.56. The predicted molar refractivity (Wildman–Crippen MR) is 116 cm³/mol. The molecule has 0 bridgehead atoms. The summed E-state index contributed by atoms with van der Waals surface area (Å²) in [7, 11) is 0. The topological polar surface area (TPSA) is 50.7 Å². The van der Waals surface area contributed by atoms with Crippen LogP contribution in [0.25, 0.3) is 0 Å². The zero-order valence-electron chi connectivity index (χ0n) is 15.9. The second-order valence-electron chi connectivity index (χ2n) is 6.34. The molecule has 2 N–H and O–H groups in total. The number of benzene rings is 2. The Hall–Kier alpha value is -1.17. The van der Waals surface area contributed by atoms with Crippen LogP contribution in [0.2, 0.25) is 15.1 Å². The number of hydrogen-bond acceptors (Lipinski definition) is 4. The summed E-state index contributed by atoms with van der Waals surface area (Å²) in [5.41, 5.74) is 1.92. The van der Waals surface area contributed by atoms with Crippen LogP contribution in [-0.4, -0.2) is 24.9 Å². The summed E-state index contributed by atoms with van der Waals surface area (Å²) in [6.45, 7) is 4.56. The Balaban J connectivity index is 2.01. The Morgan fingerprint density at radius 2 is 1.68 bits per heavy atom. The summed E-state index contributed by atoms with van der Waals surface area (Å²) in [5, 5.41) is 13.7. The van der Waals surface area contributed by atoms with Crippen LogP contribution in [0.4, 0.5) is 0 Å². The van der Waals surface area contributed by atoms with Crippen molar-refractivity contribution in [1.82, 2.24) is 5.32 Å². The number of unbranched alkanes of at least 4 members (excludes halogenated alkanes) is 2. The molecule has 0 aliphatic rings. The molecule has 0 amide bonds. The maximum absolute atomic E-state index is 8.81. The zero-order valence-corrected chi connectivity index (χ0v) is 18.2. The molecule has 154 valence electrons. The summed E-state index contributed by atoms with van der Waals surface area (Å²) in [5.74, 6) is 1.13. The average molecular weight is 447 g/mol. The Bertz CT molecular complexity index is 756. The molecule has 0 aliphatic carbocycles. The molecule has 0 unspecified atom stereocenters. The lowest BCUT2D eigenvalue weighted by Gasteiger charge is -2.16. The van der Waals surface area contributed by atoms with Gasteiger partial charge in [0.05, 0.1) is 21.7 Å². The van der Waals surface area contributed by atoms with Crippen LogP contribution in [0.3, 0.4) is 0 Å². The average Bonchev–Trinajstić information content (AvgIpc) is 2.67. The van der Waals surface area contributed by atoms with Crippen LogP contribution in [0.5, 0.6) is 11.5 Å². The van der Waals surface area contributed by atoms with Gasteiger partial charge in [-0.15, -0.1) is 0 Å². The molecular formula is C21H26Cl3NO3. The molecule has 28 heavy (non-hydrogen) atoms. The van der Waals surface area contributed by atoms with Gasteiger partial charge in [-0.3, -0.25) is 0 Å². The molecule has 0 fully saturated rings. The second kappa shape index (κ2) is 12.4. The minimum absolute atomic E-state index is 0.247. The van der Waals surface area contributed by atoms with E-state index in [1.165, 1.54) is 0 Å². The number of ether oxygens (including phenoxy) is 2. The highest BCUT2D eigenvalue weighted by atomic mass is 35.5. The third-order valence-electron chi connectivity index (χ3n) is 4.08. The van der Waals surface area contributed by atoms with Gasteiger partial charge in [0.1, 0.15) is 6.61 Å². The van der Waals surface area contributed by atoms with E-state index >= 15 is 0 Å². The summed E-state index contributed by atoms with van der Waals surface area (Å²) in [6.07, 6.45) is 2.88. The first kappa shape index (κ1) is 23.1. The van der Waals surface area contributed by atoms with Crippen molar-refractivity contribution in [3.05, 3.63) is 56.5 Å². The first-order valence-corrected chi connectivity index (χ1v) is 10.5. The highest BCUT2D eigenvalue weighted by Gasteiger charge is 2.13. The predicted octanol–water partition coefficient (Wildman–Crippen LogP) is 5.88. The lowest BCUT2D eigenvalue weighted by molar-refractivity contribution is 0.269. The van der Waals surface area contributed by atoms with E-state index in [0.29, 0.717) is 46.3 Å². The molecule has 0 spiro atoms. The minimum atomic E-state index is 0.247. The van der Waals surface area contributed by atoms with Gasteiger partial charge in [-0.05, 0) is 68.1 Å². The molecule has 0 aromatic heterocycles. The quantitative estimate of drug-likeness (QED) is 0.400. The fourth-order valence-electron chi connectivity index (χ4n) is 2.68. The standard InChI is InChI=1S/C21H26Cl3NO3/c1-2-27-20-12-16(13-25-8-4-3-5-9-26)11-19(24)21(20)28-14-15-6-7-17(22)18(23)10-15/h6-7,10-12,25-26H,2-5,8-9,13-14H2,1H3. The molecule has 0 radical (unpaired) electrons. The monoisotopic (exact) mass is 445 g/mol. The maximum Gasteiger partial charge on any atom is 0.180 e. The normalized spacial score (nSPS) is 10.9. The summed E-state index contributed by atoms with van der Waals surface area (Å²) >= 11 is 18.5. The summed E-state index contributed by atoms with van der Waals surface area (Å²) < 4.78 is 11.7. The number of nitrogens with one attached hydrogen (secondary N) is 1. The third-order valence-corrected chi connectivity index (χ3v) is 5.10. The van der Waals surface area contributed by atoms with Crippen molar-refractivity contribution in [1.29, 1.82) is 0 Å². The molecule has 0 atom stereocenters. The van der Waals surface area contributed by atoms with Crippen molar-refractivity contribution in [2.45, 2.75) is 39.3 Å². The lowest BCUT2D eigenvalue weighted by Crippen LogP contribution is -2.15. The smallest absolute Gasteiger partial charge is 0.180 e.